The second-order valence-corrected chi connectivity index (χ2v) is 7.13. The van der Waals surface area contributed by atoms with E-state index in [0.717, 1.165) is 41.1 Å². The molecule has 118 valence electrons. The molecular formula is C13H16FIN6O. The van der Waals surface area contributed by atoms with Crippen LogP contribution in [0.1, 0.15) is 12.8 Å². The average molecular weight is 418 g/mol. The molecule has 2 N–H and O–H groups in total. The number of hydrogen-bond acceptors (Lipinski definition) is 6. The highest BCUT2D eigenvalue weighted by Gasteiger charge is 2.49. The van der Waals surface area contributed by atoms with Gasteiger partial charge in [-0.2, -0.15) is 0 Å². The van der Waals surface area contributed by atoms with Crippen molar-refractivity contribution in [1.82, 2.24) is 19.6 Å². The first-order valence-corrected chi connectivity index (χ1v) is 8.29. The fourth-order valence-electron chi connectivity index (χ4n) is 3.37. The highest BCUT2D eigenvalue weighted by atomic mass is 127. The van der Waals surface area contributed by atoms with Gasteiger partial charge < -0.3 is 15.4 Å². The van der Waals surface area contributed by atoms with Gasteiger partial charge in [0.2, 0.25) is 12.3 Å². The summed E-state index contributed by atoms with van der Waals surface area (Å²) in [6, 6.07) is -0.533. The molecule has 0 aromatic carbocycles. The molecule has 2 saturated heterocycles. The summed E-state index contributed by atoms with van der Waals surface area (Å²) in [6.45, 7) is 1.95. The molecule has 2 atom stereocenters. The molecular weight excluding hydrogens is 402 g/mol. The van der Waals surface area contributed by atoms with Crippen LogP contribution in [0, 0.1) is 8.99 Å². The van der Waals surface area contributed by atoms with Crippen molar-refractivity contribution in [2.45, 2.75) is 25.2 Å². The molecule has 2 fully saturated rings. The molecule has 0 unspecified atom stereocenters. The zero-order chi connectivity index (χ0) is 15.3. The zero-order valence-corrected chi connectivity index (χ0v) is 14.0. The van der Waals surface area contributed by atoms with E-state index in [4.69, 9.17) is 10.5 Å². The Morgan fingerprint density at radius 2 is 2.18 bits per heavy atom. The van der Waals surface area contributed by atoms with Crippen molar-refractivity contribution in [2.75, 3.05) is 24.6 Å². The minimum absolute atomic E-state index is 0.245. The molecule has 1 spiro atoms. The summed E-state index contributed by atoms with van der Waals surface area (Å²) >= 11 is 2.19. The number of anilines is 1. The van der Waals surface area contributed by atoms with Gasteiger partial charge in [-0.25, -0.2) is 9.37 Å². The van der Waals surface area contributed by atoms with Gasteiger partial charge in [0.1, 0.15) is 6.33 Å². The lowest BCUT2D eigenvalue weighted by molar-refractivity contribution is 0.0000457. The lowest BCUT2D eigenvalue weighted by Gasteiger charge is -2.41. The molecule has 0 amide bonds. The van der Waals surface area contributed by atoms with Crippen LogP contribution in [0.5, 0.6) is 0 Å². The summed E-state index contributed by atoms with van der Waals surface area (Å²) in [5, 5.41) is 8.08. The van der Waals surface area contributed by atoms with E-state index in [2.05, 4.69) is 42.7 Å². The van der Waals surface area contributed by atoms with E-state index >= 15 is 0 Å². The van der Waals surface area contributed by atoms with Crippen molar-refractivity contribution >= 4 is 34.2 Å². The SMILES string of the molecule is N[C@@H]1[C@H](F)OCC12CCN(c1ncc(I)c3nncn13)CC2. The number of fused-ring (bicyclic) bond motifs is 1. The summed E-state index contributed by atoms with van der Waals surface area (Å²) in [4.78, 5) is 6.69. The smallest absolute Gasteiger partial charge is 0.214 e. The van der Waals surface area contributed by atoms with Crippen LogP contribution in [0.2, 0.25) is 0 Å². The summed E-state index contributed by atoms with van der Waals surface area (Å²) in [6.07, 6.45) is 3.73. The van der Waals surface area contributed by atoms with Crippen molar-refractivity contribution in [3.05, 3.63) is 16.1 Å². The number of aromatic nitrogens is 4. The van der Waals surface area contributed by atoms with Gasteiger partial charge >= 0.3 is 0 Å². The Labute approximate surface area is 140 Å². The van der Waals surface area contributed by atoms with Crippen LogP contribution in [0.3, 0.4) is 0 Å². The third-order valence-electron chi connectivity index (χ3n) is 4.83. The van der Waals surface area contributed by atoms with Crippen LogP contribution in [0.4, 0.5) is 10.3 Å². The molecule has 4 rings (SSSR count). The molecule has 2 aliphatic rings. The molecule has 2 aromatic rings. The second kappa shape index (κ2) is 5.24. The molecule has 22 heavy (non-hydrogen) atoms. The lowest BCUT2D eigenvalue weighted by Crippen LogP contribution is -2.50. The molecule has 4 heterocycles. The van der Waals surface area contributed by atoms with Crippen LogP contribution in [0.25, 0.3) is 5.65 Å². The summed E-state index contributed by atoms with van der Waals surface area (Å²) in [5.41, 5.74) is 6.56. The predicted octanol–water partition coefficient (Wildman–Crippen LogP) is 0.969. The predicted molar refractivity (Wildman–Crippen MR) is 86.2 cm³/mol. The van der Waals surface area contributed by atoms with Crippen molar-refractivity contribution in [2.24, 2.45) is 11.1 Å². The zero-order valence-electron chi connectivity index (χ0n) is 11.8. The first kappa shape index (κ1) is 14.5. The minimum atomic E-state index is -1.34. The topological polar surface area (TPSA) is 81.6 Å². The Balaban J connectivity index is 1.59. The van der Waals surface area contributed by atoms with Gasteiger partial charge in [0, 0.05) is 24.7 Å². The van der Waals surface area contributed by atoms with Gasteiger partial charge in [-0.15, -0.1) is 10.2 Å². The van der Waals surface area contributed by atoms with Gasteiger partial charge in [-0.1, -0.05) is 0 Å². The van der Waals surface area contributed by atoms with E-state index in [1.165, 1.54) is 0 Å². The van der Waals surface area contributed by atoms with Crippen LogP contribution < -0.4 is 10.6 Å². The fourth-order valence-corrected chi connectivity index (χ4v) is 3.87. The van der Waals surface area contributed by atoms with Crippen LogP contribution >= 0.6 is 22.6 Å². The number of ether oxygens (including phenoxy) is 1. The normalized spacial score (nSPS) is 27.9. The molecule has 0 bridgehead atoms. The van der Waals surface area contributed by atoms with E-state index in [-0.39, 0.29) is 5.41 Å². The quantitative estimate of drug-likeness (QED) is 0.696. The summed E-state index contributed by atoms with van der Waals surface area (Å²) < 4.78 is 21.6. The van der Waals surface area contributed by atoms with Crippen LogP contribution in [0.15, 0.2) is 12.5 Å². The number of nitrogens with two attached hydrogens (primary N) is 1. The van der Waals surface area contributed by atoms with E-state index < -0.39 is 12.4 Å². The fraction of sp³-hybridized carbons (Fsp3) is 0.615. The second-order valence-electron chi connectivity index (χ2n) is 5.97. The Morgan fingerprint density at radius 3 is 2.86 bits per heavy atom. The first-order chi connectivity index (χ1) is 10.6. The number of piperidine rings is 1. The Hall–Kier alpha value is -1.07. The number of halogens is 2. The number of hydrogen-bond donors (Lipinski definition) is 1. The van der Waals surface area contributed by atoms with E-state index in [1.54, 1.807) is 12.5 Å². The van der Waals surface area contributed by atoms with Gasteiger partial charge in [-0.05, 0) is 35.4 Å². The monoisotopic (exact) mass is 418 g/mol. The molecule has 0 saturated carbocycles. The maximum atomic E-state index is 13.6. The van der Waals surface area contributed by atoms with Crippen molar-refractivity contribution in [1.29, 1.82) is 0 Å². The van der Waals surface area contributed by atoms with Crippen LogP contribution in [-0.4, -0.2) is 51.7 Å². The molecule has 2 aromatic heterocycles. The van der Waals surface area contributed by atoms with Gasteiger partial charge in [0.05, 0.1) is 16.2 Å². The molecule has 9 heteroatoms. The number of rotatable bonds is 1. The van der Waals surface area contributed by atoms with Gasteiger partial charge in [-0.3, -0.25) is 4.40 Å². The van der Waals surface area contributed by atoms with Gasteiger partial charge in [0.25, 0.3) is 0 Å². The van der Waals surface area contributed by atoms with Crippen molar-refractivity contribution < 1.29 is 9.13 Å². The first-order valence-electron chi connectivity index (χ1n) is 7.21. The summed E-state index contributed by atoms with van der Waals surface area (Å²) in [7, 11) is 0. The molecule has 7 nitrogen and oxygen atoms in total. The molecule has 2 aliphatic heterocycles. The van der Waals surface area contributed by atoms with E-state index in [0.29, 0.717) is 6.61 Å². The number of nitrogens with zero attached hydrogens (tertiary/aromatic N) is 5. The van der Waals surface area contributed by atoms with Crippen molar-refractivity contribution in [3.63, 3.8) is 0 Å². The van der Waals surface area contributed by atoms with E-state index in [9.17, 15) is 4.39 Å². The lowest BCUT2D eigenvalue weighted by atomic mass is 9.75. The highest BCUT2D eigenvalue weighted by Crippen LogP contribution is 2.42. The summed E-state index contributed by atoms with van der Waals surface area (Å²) in [5.74, 6) is 0.819. The Kier molecular flexibility index (Phi) is 3.46. The maximum absolute atomic E-state index is 13.6. The molecule has 0 aliphatic carbocycles. The van der Waals surface area contributed by atoms with E-state index in [1.807, 2.05) is 4.40 Å². The van der Waals surface area contributed by atoms with Gasteiger partial charge in [0.15, 0.2) is 5.65 Å². The molecule has 0 radical (unpaired) electrons. The Bertz CT molecular complexity index is 701. The standard InChI is InChI=1S/C13H16FIN6O/c14-10-9(16)13(6-22-10)1-3-20(4-2-13)12-17-5-8(15)11-19-18-7-21(11)12/h5,7,9-10H,1-4,6,16H2/t9-,10-/m1/s1. The maximum Gasteiger partial charge on any atom is 0.214 e. The minimum Gasteiger partial charge on any atom is -0.346 e. The van der Waals surface area contributed by atoms with Crippen molar-refractivity contribution in [3.8, 4) is 0 Å². The van der Waals surface area contributed by atoms with Crippen LogP contribution in [-0.2, 0) is 4.74 Å². The average Bonchev–Trinajstić information content (AvgIpc) is 3.12. The Morgan fingerprint density at radius 1 is 1.41 bits per heavy atom. The third-order valence-corrected chi connectivity index (χ3v) is 5.59. The largest absolute Gasteiger partial charge is 0.346 e. The highest BCUT2D eigenvalue weighted by molar-refractivity contribution is 14.1. The number of alkyl halides is 1. The third kappa shape index (κ3) is 2.09.